The molecule has 0 aromatic heterocycles. The average molecular weight is 429 g/mol. The minimum atomic E-state index is -3.70. The van der Waals surface area contributed by atoms with Crippen LogP contribution in [-0.4, -0.2) is 34.1 Å². The molecule has 0 bridgehead atoms. The lowest BCUT2D eigenvalue weighted by molar-refractivity contribution is 0.102. The van der Waals surface area contributed by atoms with E-state index in [1.54, 1.807) is 25.3 Å². The van der Waals surface area contributed by atoms with Crippen LogP contribution in [0.1, 0.15) is 36.0 Å². The molecule has 158 valence electrons. The van der Waals surface area contributed by atoms with Crippen LogP contribution >= 0.6 is 0 Å². The first-order chi connectivity index (χ1) is 14.4. The number of terminal acetylenes is 1. The molecule has 1 aliphatic rings. The third-order valence-electron chi connectivity index (χ3n) is 4.81. The van der Waals surface area contributed by atoms with Gasteiger partial charge in [-0.15, -0.1) is 6.42 Å². The molecule has 2 aromatic carbocycles. The van der Waals surface area contributed by atoms with E-state index in [4.69, 9.17) is 15.9 Å². The molecule has 0 saturated heterocycles. The predicted octanol–water partition coefficient (Wildman–Crippen LogP) is 3.18. The third kappa shape index (κ3) is 5.32. The first kappa shape index (κ1) is 21.7. The highest BCUT2D eigenvalue weighted by Gasteiger charge is 2.19. The van der Waals surface area contributed by atoms with Gasteiger partial charge < -0.3 is 14.8 Å². The number of benzene rings is 2. The van der Waals surface area contributed by atoms with E-state index in [-0.39, 0.29) is 23.5 Å². The molecule has 8 heteroatoms. The van der Waals surface area contributed by atoms with Gasteiger partial charge in [-0.3, -0.25) is 4.79 Å². The maximum absolute atomic E-state index is 12.6. The van der Waals surface area contributed by atoms with E-state index in [2.05, 4.69) is 16.0 Å². The van der Waals surface area contributed by atoms with Crippen molar-refractivity contribution in [3.8, 4) is 23.8 Å². The van der Waals surface area contributed by atoms with Crippen LogP contribution in [0.4, 0.5) is 5.69 Å². The number of amides is 1. The van der Waals surface area contributed by atoms with E-state index in [1.165, 1.54) is 24.3 Å². The van der Waals surface area contributed by atoms with E-state index in [0.29, 0.717) is 22.7 Å². The van der Waals surface area contributed by atoms with Crippen molar-refractivity contribution in [1.82, 2.24) is 4.72 Å². The first-order valence-electron chi connectivity index (χ1n) is 9.62. The standard InChI is InChI=1S/C22H24N2O5S/c1-3-14-23-30(26,27)19-11-8-16(9-12-19)22(25)24-17-10-13-20(28-2)21(15-17)29-18-6-4-5-7-18/h1,8-13,15,18,23H,4-7,14H2,2H3,(H,24,25). The SMILES string of the molecule is C#CCNS(=O)(=O)c1ccc(C(=O)Nc2ccc(OC)c(OC3CCCC3)c2)cc1. The maximum atomic E-state index is 12.6. The molecule has 1 saturated carbocycles. The molecule has 1 aliphatic carbocycles. The van der Waals surface area contributed by atoms with E-state index in [9.17, 15) is 13.2 Å². The summed E-state index contributed by atoms with van der Waals surface area (Å²) in [6.45, 7) is -0.104. The van der Waals surface area contributed by atoms with Gasteiger partial charge in [-0.1, -0.05) is 5.92 Å². The topological polar surface area (TPSA) is 93.7 Å². The van der Waals surface area contributed by atoms with Crippen LogP contribution < -0.4 is 19.5 Å². The van der Waals surface area contributed by atoms with Crippen LogP contribution in [0.15, 0.2) is 47.4 Å². The molecule has 2 aromatic rings. The van der Waals surface area contributed by atoms with Crippen LogP contribution in [0.2, 0.25) is 0 Å². The molecular formula is C22H24N2O5S. The third-order valence-corrected chi connectivity index (χ3v) is 6.23. The van der Waals surface area contributed by atoms with Gasteiger partial charge in [0.05, 0.1) is 24.7 Å². The normalized spacial score (nSPS) is 14.1. The number of sulfonamides is 1. The van der Waals surface area contributed by atoms with E-state index in [1.807, 2.05) is 0 Å². The molecule has 30 heavy (non-hydrogen) atoms. The smallest absolute Gasteiger partial charge is 0.255 e. The molecule has 3 rings (SSSR count). The van der Waals surface area contributed by atoms with Crippen molar-refractivity contribution in [3.05, 3.63) is 48.0 Å². The number of methoxy groups -OCH3 is 1. The number of carbonyl (C=O) groups excluding carboxylic acids is 1. The summed E-state index contributed by atoms with van der Waals surface area (Å²) < 4.78 is 37.8. The highest BCUT2D eigenvalue weighted by Crippen LogP contribution is 2.34. The van der Waals surface area contributed by atoms with Gasteiger partial charge >= 0.3 is 0 Å². The van der Waals surface area contributed by atoms with Crippen molar-refractivity contribution in [2.24, 2.45) is 0 Å². The molecule has 0 radical (unpaired) electrons. The predicted molar refractivity (Wildman–Crippen MR) is 114 cm³/mol. The number of hydrogen-bond donors (Lipinski definition) is 2. The number of anilines is 1. The van der Waals surface area contributed by atoms with Gasteiger partial charge in [0.1, 0.15) is 0 Å². The summed E-state index contributed by atoms with van der Waals surface area (Å²) in [6, 6.07) is 10.8. The molecular weight excluding hydrogens is 404 g/mol. The molecule has 2 N–H and O–H groups in total. The maximum Gasteiger partial charge on any atom is 0.255 e. The molecule has 0 heterocycles. The van der Waals surface area contributed by atoms with Crippen LogP contribution in [0.3, 0.4) is 0 Å². The van der Waals surface area contributed by atoms with Gasteiger partial charge in [-0.25, -0.2) is 8.42 Å². The van der Waals surface area contributed by atoms with E-state index < -0.39 is 10.0 Å². The van der Waals surface area contributed by atoms with Crippen LogP contribution in [0, 0.1) is 12.3 Å². The van der Waals surface area contributed by atoms with Gasteiger partial charge in [-0.2, -0.15) is 4.72 Å². The lowest BCUT2D eigenvalue weighted by atomic mass is 10.2. The Morgan fingerprint density at radius 2 is 1.83 bits per heavy atom. The van der Waals surface area contributed by atoms with Crippen molar-refractivity contribution < 1.29 is 22.7 Å². The van der Waals surface area contributed by atoms with Crippen LogP contribution in [0.25, 0.3) is 0 Å². The van der Waals surface area contributed by atoms with Crippen molar-refractivity contribution in [3.63, 3.8) is 0 Å². The molecule has 7 nitrogen and oxygen atoms in total. The second-order valence-corrected chi connectivity index (χ2v) is 8.66. The fraction of sp³-hybridized carbons (Fsp3) is 0.318. The Balaban J connectivity index is 1.71. The number of carbonyl (C=O) groups is 1. The minimum Gasteiger partial charge on any atom is -0.493 e. The molecule has 0 spiro atoms. The van der Waals surface area contributed by atoms with Crippen molar-refractivity contribution in [2.45, 2.75) is 36.7 Å². The van der Waals surface area contributed by atoms with Crippen LogP contribution in [-0.2, 0) is 10.0 Å². The number of hydrogen-bond acceptors (Lipinski definition) is 5. The summed E-state index contributed by atoms with van der Waals surface area (Å²) in [5.74, 6) is 3.04. The quantitative estimate of drug-likeness (QED) is 0.630. The number of rotatable bonds is 8. The van der Waals surface area contributed by atoms with Crippen molar-refractivity contribution in [1.29, 1.82) is 0 Å². The lowest BCUT2D eigenvalue weighted by Gasteiger charge is -2.17. The van der Waals surface area contributed by atoms with Gasteiger partial charge in [0.25, 0.3) is 5.91 Å². The van der Waals surface area contributed by atoms with Gasteiger partial charge in [0, 0.05) is 17.3 Å². The second kappa shape index (κ2) is 9.65. The van der Waals surface area contributed by atoms with Gasteiger partial charge in [0.2, 0.25) is 10.0 Å². The Labute approximate surface area is 176 Å². The zero-order chi connectivity index (χ0) is 21.6. The molecule has 0 aliphatic heterocycles. The summed E-state index contributed by atoms with van der Waals surface area (Å²) in [5.41, 5.74) is 0.876. The fourth-order valence-electron chi connectivity index (χ4n) is 3.24. The largest absolute Gasteiger partial charge is 0.493 e. The average Bonchev–Trinajstić information content (AvgIpc) is 3.26. The second-order valence-electron chi connectivity index (χ2n) is 6.90. The number of nitrogens with one attached hydrogen (secondary N) is 2. The fourth-order valence-corrected chi connectivity index (χ4v) is 4.18. The van der Waals surface area contributed by atoms with Crippen LogP contribution in [0.5, 0.6) is 11.5 Å². The summed E-state index contributed by atoms with van der Waals surface area (Å²) in [5, 5.41) is 2.80. The lowest BCUT2D eigenvalue weighted by Crippen LogP contribution is -2.24. The summed E-state index contributed by atoms with van der Waals surface area (Å²) in [7, 11) is -2.13. The van der Waals surface area contributed by atoms with Crippen molar-refractivity contribution in [2.75, 3.05) is 19.0 Å². The first-order valence-corrected chi connectivity index (χ1v) is 11.1. The van der Waals surface area contributed by atoms with Gasteiger partial charge in [0.15, 0.2) is 11.5 Å². The summed E-state index contributed by atoms with van der Waals surface area (Å²) in [4.78, 5) is 12.6. The molecule has 1 fully saturated rings. The molecule has 1 amide bonds. The number of ether oxygens (including phenoxy) is 2. The highest BCUT2D eigenvalue weighted by atomic mass is 32.2. The molecule has 0 atom stereocenters. The zero-order valence-corrected chi connectivity index (χ0v) is 17.5. The van der Waals surface area contributed by atoms with Gasteiger partial charge in [-0.05, 0) is 62.1 Å². The minimum absolute atomic E-state index is 0.0333. The summed E-state index contributed by atoms with van der Waals surface area (Å²) >= 11 is 0. The Morgan fingerprint density at radius 1 is 1.13 bits per heavy atom. The Morgan fingerprint density at radius 3 is 2.47 bits per heavy atom. The summed E-state index contributed by atoms with van der Waals surface area (Å²) in [6.07, 6.45) is 9.54. The Hall–Kier alpha value is -3.02. The van der Waals surface area contributed by atoms with E-state index in [0.717, 1.165) is 25.7 Å². The monoisotopic (exact) mass is 428 g/mol. The Bertz CT molecular complexity index is 1040. The molecule has 0 unspecified atom stereocenters. The Kier molecular flexibility index (Phi) is 6.98. The highest BCUT2D eigenvalue weighted by molar-refractivity contribution is 7.89. The van der Waals surface area contributed by atoms with Crippen molar-refractivity contribution >= 4 is 21.6 Å². The zero-order valence-electron chi connectivity index (χ0n) is 16.7. The van der Waals surface area contributed by atoms with E-state index >= 15 is 0 Å².